The summed E-state index contributed by atoms with van der Waals surface area (Å²) < 4.78 is 4.55. The number of hydrogen-bond acceptors (Lipinski definition) is 3. The van der Waals surface area contributed by atoms with Gasteiger partial charge in [0.05, 0.1) is 7.11 Å². The molecule has 0 aliphatic rings. The molecule has 0 bridgehead atoms. The fourth-order valence-corrected chi connectivity index (χ4v) is 1.58. The highest BCUT2D eigenvalue weighted by molar-refractivity contribution is 5.90. The van der Waals surface area contributed by atoms with E-state index in [0.29, 0.717) is 10.9 Å². The van der Waals surface area contributed by atoms with Crippen LogP contribution in [0.15, 0.2) is 29.1 Å². The van der Waals surface area contributed by atoms with Crippen LogP contribution in [0.3, 0.4) is 0 Å². The number of nitrogens with one attached hydrogen (secondary N) is 1. The number of H-pyrrole nitrogens is 1. The highest BCUT2D eigenvalue weighted by atomic mass is 16.5. The molecule has 4 heteroatoms. The van der Waals surface area contributed by atoms with E-state index in [1.54, 1.807) is 12.1 Å². The van der Waals surface area contributed by atoms with Crippen LogP contribution in [0, 0.1) is 6.92 Å². The van der Waals surface area contributed by atoms with E-state index in [1.807, 2.05) is 13.0 Å². The van der Waals surface area contributed by atoms with E-state index in [0.717, 1.165) is 5.56 Å². The first kappa shape index (κ1) is 10.4. The number of esters is 1. The molecule has 0 saturated carbocycles. The zero-order valence-electron chi connectivity index (χ0n) is 9.03. The van der Waals surface area contributed by atoms with Gasteiger partial charge in [0, 0.05) is 17.0 Å². The van der Waals surface area contributed by atoms with E-state index in [1.165, 1.54) is 13.2 Å². The minimum absolute atomic E-state index is 0.170. The van der Waals surface area contributed by atoms with Gasteiger partial charge in [0.2, 0.25) is 0 Å². The summed E-state index contributed by atoms with van der Waals surface area (Å²) in [6, 6.07) is 6.70. The number of carbonyl (C=O) groups excluding carboxylic acids is 1. The first-order valence-corrected chi connectivity index (χ1v) is 4.84. The van der Waals surface area contributed by atoms with Gasteiger partial charge in [0.25, 0.3) is 0 Å². The van der Waals surface area contributed by atoms with Gasteiger partial charge in [0.15, 0.2) is 5.43 Å². The van der Waals surface area contributed by atoms with Gasteiger partial charge in [-0.3, -0.25) is 4.79 Å². The Morgan fingerprint density at radius 3 is 2.75 bits per heavy atom. The number of aromatic nitrogens is 1. The minimum atomic E-state index is -0.542. The molecule has 1 aromatic heterocycles. The summed E-state index contributed by atoms with van der Waals surface area (Å²) in [7, 11) is 1.28. The summed E-state index contributed by atoms with van der Waals surface area (Å²) >= 11 is 0. The molecule has 0 atom stereocenters. The molecule has 1 aromatic carbocycles. The maximum absolute atomic E-state index is 11.7. The summed E-state index contributed by atoms with van der Waals surface area (Å²) in [4.78, 5) is 25.9. The molecule has 0 amide bonds. The van der Waals surface area contributed by atoms with Crippen LogP contribution in [0.4, 0.5) is 0 Å². The lowest BCUT2D eigenvalue weighted by Gasteiger charge is -2.03. The van der Waals surface area contributed by atoms with Crippen LogP contribution in [0.25, 0.3) is 10.9 Å². The number of carbonyl (C=O) groups is 1. The summed E-state index contributed by atoms with van der Waals surface area (Å²) in [6.45, 7) is 1.91. The van der Waals surface area contributed by atoms with E-state index in [2.05, 4.69) is 9.72 Å². The zero-order chi connectivity index (χ0) is 11.7. The molecule has 4 nitrogen and oxygen atoms in total. The Labute approximate surface area is 91.9 Å². The van der Waals surface area contributed by atoms with Gasteiger partial charge in [0.1, 0.15) is 5.69 Å². The third-order valence-corrected chi connectivity index (χ3v) is 2.39. The van der Waals surface area contributed by atoms with E-state index in [4.69, 9.17) is 0 Å². The van der Waals surface area contributed by atoms with Crippen LogP contribution in [-0.4, -0.2) is 18.1 Å². The monoisotopic (exact) mass is 217 g/mol. The van der Waals surface area contributed by atoms with Gasteiger partial charge < -0.3 is 9.72 Å². The van der Waals surface area contributed by atoms with Crippen LogP contribution in [0.1, 0.15) is 16.1 Å². The molecule has 16 heavy (non-hydrogen) atoms. The predicted octanol–water partition coefficient (Wildman–Crippen LogP) is 1.62. The Kier molecular flexibility index (Phi) is 2.48. The molecule has 1 N–H and O–H groups in total. The van der Waals surface area contributed by atoms with Crippen LogP contribution in [0.5, 0.6) is 0 Å². The quantitative estimate of drug-likeness (QED) is 0.738. The third kappa shape index (κ3) is 1.69. The van der Waals surface area contributed by atoms with Crippen molar-refractivity contribution in [3.63, 3.8) is 0 Å². The maximum atomic E-state index is 11.7. The van der Waals surface area contributed by atoms with Gasteiger partial charge in [-0.25, -0.2) is 4.79 Å². The van der Waals surface area contributed by atoms with Crippen molar-refractivity contribution in [2.24, 2.45) is 0 Å². The molecule has 0 aliphatic carbocycles. The lowest BCUT2D eigenvalue weighted by molar-refractivity contribution is 0.0594. The number of pyridine rings is 1. The third-order valence-electron chi connectivity index (χ3n) is 2.39. The molecule has 82 valence electrons. The average Bonchev–Trinajstić information content (AvgIpc) is 2.28. The molecule has 2 aromatic rings. The summed E-state index contributed by atoms with van der Waals surface area (Å²) in [5.74, 6) is -0.542. The van der Waals surface area contributed by atoms with Crippen LogP contribution < -0.4 is 5.43 Å². The van der Waals surface area contributed by atoms with Gasteiger partial charge in [-0.05, 0) is 19.1 Å². The average molecular weight is 217 g/mol. The van der Waals surface area contributed by atoms with Crippen molar-refractivity contribution in [1.29, 1.82) is 0 Å². The SMILES string of the molecule is COC(=O)c1cc(=O)c2cc(C)ccc2[nH]1. The molecule has 2 rings (SSSR count). The van der Waals surface area contributed by atoms with Crippen molar-refractivity contribution >= 4 is 16.9 Å². The van der Waals surface area contributed by atoms with Crippen molar-refractivity contribution in [2.75, 3.05) is 7.11 Å². The molecular weight excluding hydrogens is 206 g/mol. The van der Waals surface area contributed by atoms with Crippen LogP contribution in [-0.2, 0) is 4.74 Å². The van der Waals surface area contributed by atoms with Crippen molar-refractivity contribution in [3.8, 4) is 0 Å². The smallest absolute Gasteiger partial charge is 0.354 e. The molecule has 0 aliphatic heterocycles. The van der Waals surface area contributed by atoms with Crippen molar-refractivity contribution < 1.29 is 9.53 Å². The van der Waals surface area contributed by atoms with Gasteiger partial charge in [-0.1, -0.05) is 11.6 Å². The van der Waals surface area contributed by atoms with Crippen LogP contribution >= 0.6 is 0 Å². The number of aromatic amines is 1. The number of rotatable bonds is 1. The topological polar surface area (TPSA) is 59.2 Å². The van der Waals surface area contributed by atoms with E-state index in [9.17, 15) is 9.59 Å². The maximum Gasteiger partial charge on any atom is 0.354 e. The molecule has 0 fully saturated rings. The summed E-state index contributed by atoms with van der Waals surface area (Å²) in [5.41, 5.74) is 1.63. The second-order valence-corrected chi connectivity index (χ2v) is 3.59. The second kappa shape index (κ2) is 3.81. The second-order valence-electron chi connectivity index (χ2n) is 3.59. The summed E-state index contributed by atoms with van der Waals surface area (Å²) in [6.07, 6.45) is 0. The fraction of sp³-hybridized carbons (Fsp3) is 0.167. The molecule has 0 spiro atoms. The highest BCUT2D eigenvalue weighted by Crippen LogP contribution is 2.10. The van der Waals surface area contributed by atoms with Crippen molar-refractivity contribution in [1.82, 2.24) is 4.98 Å². The number of hydrogen-bond donors (Lipinski definition) is 1. The Balaban J connectivity index is 2.73. The van der Waals surface area contributed by atoms with E-state index in [-0.39, 0.29) is 11.1 Å². The minimum Gasteiger partial charge on any atom is -0.464 e. The lowest BCUT2D eigenvalue weighted by atomic mass is 10.1. The number of fused-ring (bicyclic) bond motifs is 1. The Morgan fingerprint density at radius 1 is 1.31 bits per heavy atom. The molecule has 0 unspecified atom stereocenters. The lowest BCUT2D eigenvalue weighted by Crippen LogP contribution is -2.11. The normalized spacial score (nSPS) is 10.4. The molecular formula is C12H11NO3. The number of aryl methyl sites for hydroxylation is 1. The van der Waals surface area contributed by atoms with Gasteiger partial charge in [-0.2, -0.15) is 0 Å². The Morgan fingerprint density at radius 2 is 2.06 bits per heavy atom. The molecule has 0 saturated heterocycles. The molecule has 0 radical (unpaired) electrons. The fourth-order valence-electron chi connectivity index (χ4n) is 1.58. The Hall–Kier alpha value is -2.10. The largest absolute Gasteiger partial charge is 0.464 e. The highest BCUT2D eigenvalue weighted by Gasteiger charge is 2.09. The van der Waals surface area contributed by atoms with Crippen molar-refractivity contribution in [3.05, 3.63) is 45.7 Å². The summed E-state index contributed by atoms with van der Waals surface area (Å²) in [5, 5.41) is 0.577. The number of benzene rings is 1. The van der Waals surface area contributed by atoms with Gasteiger partial charge in [-0.15, -0.1) is 0 Å². The standard InChI is InChI=1S/C12H11NO3/c1-7-3-4-9-8(5-7)11(14)6-10(13-9)12(15)16-2/h3-6H,1-2H3,(H,13,14). The number of methoxy groups -OCH3 is 1. The first-order chi connectivity index (χ1) is 7.61. The predicted molar refractivity (Wildman–Crippen MR) is 60.6 cm³/mol. The van der Waals surface area contributed by atoms with Crippen molar-refractivity contribution in [2.45, 2.75) is 6.92 Å². The van der Waals surface area contributed by atoms with Crippen LogP contribution in [0.2, 0.25) is 0 Å². The number of ether oxygens (including phenoxy) is 1. The molecule has 1 heterocycles. The zero-order valence-corrected chi connectivity index (χ0v) is 9.03. The van der Waals surface area contributed by atoms with Gasteiger partial charge >= 0.3 is 5.97 Å². The van der Waals surface area contributed by atoms with E-state index < -0.39 is 5.97 Å². The first-order valence-electron chi connectivity index (χ1n) is 4.84. The van der Waals surface area contributed by atoms with E-state index >= 15 is 0 Å². The Bertz CT molecular complexity index is 613.